The number of thioether (sulfide) groups is 1. The van der Waals surface area contributed by atoms with Crippen LogP contribution in [0.2, 0.25) is 0 Å². The van der Waals surface area contributed by atoms with Crippen molar-refractivity contribution in [3.8, 4) is 0 Å². The van der Waals surface area contributed by atoms with E-state index in [0.717, 1.165) is 5.75 Å². The maximum absolute atomic E-state index is 2.16. The first kappa shape index (κ1) is 7.61. The zero-order valence-electron chi connectivity index (χ0n) is 6.37. The fraction of sp³-hybridized carbons (Fsp3) is 0.375. The van der Waals surface area contributed by atoms with E-state index in [1.807, 2.05) is 17.8 Å². The Labute approximate surface area is 66.1 Å². The molecule has 0 radical (unpaired) electrons. The minimum atomic E-state index is 1.14. The molecule has 0 saturated heterocycles. The smallest absolute Gasteiger partial charge is 0.196 e. The summed E-state index contributed by atoms with van der Waals surface area (Å²) in [6.07, 6.45) is 2.07. The molecule has 0 amide bonds. The molecule has 0 N–H and O–H groups in total. The van der Waals surface area contributed by atoms with Crippen LogP contribution in [-0.2, 0) is 7.05 Å². The normalized spacial score (nSPS) is 9.80. The van der Waals surface area contributed by atoms with E-state index in [9.17, 15) is 0 Å². The Morgan fingerprint density at radius 1 is 1.50 bits per heavy atom. The standard InChI is InChI=1S/C8H12NS/c1-3-10-8-6-4-5-7-9(8)2/h4-7H,3H2,1-2H3/q+1. The molecule has 1 aromatic heterocycles. The average Bonchev–Trinajstić information content (AvgIpc) is 1.94. The van der Waals surface area contributed by atoms with Gasteiger partial charge in [0.15, 0.2) is 6.20 Å². The maximum Gasteiger partial charge on any atom is 0.239 e. The Hall–Kier alpha value is -0.500. The van der Waals surface area contributed by atoms with Crippen LogP contribution in [0.5, 0.6) is 0 Å². The molecule has 10 heavy (non-hydrogen) atoms. The van der Waals surface area contributed by atoms with Crippen LogP contribution in [0.3, 0.4) is 0 Å². The first-order chi connectivity index (χ1) is 4.84. The molecule has 54 valence electrons. The highest BCUT2D eigenvalue weighted by molar-refractivity contribution is 7.99. The van der Waals surface area contributed by atoms with Crippen molar-refractivity contribution in [2.45, 2.75) is 11.9 Å². The van der Waals surface area contributed by atoms with Crippen LogP contribution in [0, 0.1) is 0 Å². The summed E-state index contributed by atoms with van der Waals surface area (Å²) >= 11 is 1.86. The van der Waals surface area contributed by atoms with Gasteiger partial charge in [-0.3, -0.25) is 0 Å². The van der Waals surface area contributed by atoms with Crippen molar-refractivity contribution in [3.63, 3.8) is 0 Å². The van der Waals surface area contributed by atoms with Gasteiger partial charge in [-0.05, 0) is 6.07 Å². The van der Waals surface area contributed by atoms with E-state index in [1.165, 1.54) is 5.03 Å². The first-order valence-electron chi connectivity index (χ1n) is 3.42. The van der Waals surface area contributed by atoms with Gasteiger partial charge in [0.25, 0.3) is 0 Å². The van der Waals surface area contributed by atoms with E-state index in [1.54, 1.807) is 0 Å². The first-order valence-corrected chi connectivity index (χ1v) is 4.40. The quantitative estimate of drug-likeness (QED) is 0.462. The van der Waals surface area contributed by atoms with E-state index < -0.39 is 0 Å². The molecular weight excluding hydrogens is 142 g/mol. The van der Waals surface area contributed by atoms with E-state index in [2.05, 4.69) is 36.9 Å². The third kappa shape index (κ3) is 1.74. The van der Waals surface area contributed by atoms with Crippen molar-refractivity contribution in [3.05, 3.63) is 24.4 Å². The molecule has 0 saturated carbocycles. The maximum atomic E-state index is 2.16. The van der Waals surface area contributed by atoms with Gasteiger partial charge in [-0.15, -0.1) is 0 Å². The van der Waals surface area contributed by atoms with Gasteiger partial charge in [0, 0.05) is 17.9 Å². The van der Waals surface area contributed by atoms with Crippen LogP contribution in [0.1, 0.15) is 6.92 Å². The van der Waals surface area contributed by atoms with Crippen molar-refractivity contribution < 1.29 is 4.57 Å². The molecule has 0 atom stereocenters. The van der Waals surface area contributed by atoms with Gasteiger partial charge in [-0.2, -0.15) is 4.57 Å². The summed E-state index contributed by atoms with van der Waals surface area (Å²) in [6, 6.07) is 6.24. The molecule has 1 aromatic rings. The van der Waals surface area contributed by atoms with E-state index in [-0.39, 0.29) is 0 Å². The number of rotatable bonds is 2. The van der Waals surface area contributed by atoms with E-state index in [4.69, 9.17) is 0 Å². The second-order valence-electron chi connectivity index (χ2n) is 2.08. The molecule has 0 aliphatic carbocycles. The average molecular weight is 154 g/mol. The molecule has 0 fully saturated rings. The Morgan fingerprint density at radius 3 is 2.90 bits per heavy atom. The Bertz CT molecular complexity index is 210. The third-order valence-electron chi connectivity index (χ3n) is 1.30. The van der Waals surface area contributed by atoms with Gasteiger partial charge in [0.2, 0.25) is 5.03 Å². The van der Waals surface area contributed by atoms with Crippen LogP contribution in [0.4, 0.5) is 0 Å². The van der Waals surface area contributed by atoms with Crippen molar-refractivity contribution in [1.82, 2.24) is 0 Å². The Kier molecular flexibility index (Phi) is 2.75. The van der Waals surface area contributed by atoms with Crippen molar-refractivity contribution >= 4 is 11.8 Å². The fourth-order valence-corrected chi connectivity index (χ4v) is 1.54. The number of pyridine rings is 1. The lowest BCUT2D eigenvalue weighted by Crippen LogP contribution is -2.29. The molecule has 1 nitrogen and oxygen atoms in total. The number of aromatic nitrogens is 1. The minimum Gasteiger partial charge on any atom is -0.196 e. The fourth-order valence-electron chi connectivity index (χ4n) is 0.806. The van der Waals surface area contributed by atoms with E-state index >= 15 is 0 Å². The Balaban J connectivity index is 2.81. The Morgan fingerprint density at radius 2 is 2.30 bits per heavy atom. The third-order valence-corrected chi connectivity index (χ3v) is 2.31. The lowest BCUT2D eigenvalue weighted by Gasteiger charge is -1.93. The number of hydrogen-bond acceptors (Lipinski definition) is 1. The summed E-state index contributed by atoms with van der Waals surface area (Å²) in [6.45, 7) is 2.16. The van der Waals surface area contributed by atoms with Gasteiger partial charge in [-0.1, -0.05) is 18.7 Å². The summed E-state index contributed by atoms with van der Waals surface area (Å²) in [5.41, 5.74) is 0. The van der Waals surface area contributed by atoms with Crippen LogP contribution in [0.25, 0.3) is 0 Å². The van der Waals surface area contributed by atoms with Crippen molar-refractivity contribution in [1.29, 1.82) is 0 Å². The number of nitrogens with zero attached hydrogens (tertiary/aromatic N) is 1. The minimum absolute atomic E-state index is 1.14. The van der Waals surface area contributed by atoms with Gasteiger partial charge in [0.1, 0.15) is 7.05 Å². The lowest BCUT2D eigenvalue weighted by molar-refractivity contribution is -0.708. The highest BCUT2D eigenvalue weighted by Gasteiger charge is 2.01. The van der Waals surface area contributed by atoms with Crippen LogP contribution >= 0.6 is 11.8 Å². The number of aryl methyl sites for hydroxylation is 1. The summed E-state index contributed by atoms with van der Waals surface area (Å²) in [5, 5.41) is 1.32. The molecule has 1 rings (SSSR count). The molecule has 0 aromatic carbocycles. The molecule has 1 heterocycles. The van der Waals surface area contributed by atoms with Crippen LogP contribution in [-0.4, -0.2) is 5.75 Å². The molecular formula is C8H12NS+. The topological polar surface area (TPSA) is 3.88 Å². The predicted octanol–water partition coefficient (Wildman–Crippen LogP) is 1.62. The summed E-state index contributed by atoms with van der Waals surface area (Å²) < 4.78 is 2.13. The molecule has 0 bridgehead atoms. The van der Waals surface area contributed by atoms with Crippen molar-refractivity contribution in [2.24, 2.45) is 7.05 Å². The van der Waals surface area contributed by atoms with Crippen LogP contribution in [0.15, 0.2) is 29.4 Å². The predicted molar refractivity (Wildman–Crippen MR) is 44.0 cm³/mol. The zero-order valence-corrected chi connectivity index (χ0v) is 7.19. The zero-order chi connectivity index (χ0) is 7.40. The molecule has 0 unspecified atom stereocenters. The van der Waals surface area contributed by atoms with Crippen molar-refractivity contribution in [2.75, 3.05) is 5.75 Å². The van der Waals surface area contributed by atoms with Gasteiger partial charge >= 0.3 is 0 Å². The highest BCUT2D eigenvalue weighted by atomic mass is 32.2. The molecule has 0 aliphatic rings. The SMILES string of the molecule is CCSc1cccc[n+]1C. The molecule has 2 heteroatoms. The second kappa shape index (κ2) is 3.62. The van der Waals surface area contributed by atoms with Gasteiger partial charge < -0.3 is 0 Å². The second-order valence-corrected chi connectivity index (χ2v) is 3.37. The van der Waals surface area contributed by atoms with Crippen LogP contribution < -0.4 is 4.57 Å². The van der Waals surface area contributed by atoms with Gasteiger partial charge in [-0.25, -0.2) is 0 Å². The summed E-state index contributed by atoms with van der Waals surface area (Å²) in [4.78, 5) is 0. The summed E-state index contributed by atoms with van der Waals surface area (Å²) in [5.74, 6) is 1.14. The lowest BCUT2D eigenvalue weighted by atomic mass is 10.5. The highest BCUT2D eigenvalue weighted by Crippen LogP contribution is 2.10. The molecule has 0 spiro atoms. The monoisotopic (exact) mass is 154 g/mol. The van der Waals surface area contributed by atoms with Gasteiger partial charge in [0.05, 0.1) is 0 Å². The molecule has 0 aliphatic heterocycles. The largest absolute Gasteiger partial charge is 0.239 e. The number of hydrogen-bond donors (Lipinski definition) is 0. The van der Waals surface area contributed by atoms with E-state index in [0.29, 0.717) is 0 Å². The summed E-state index contributed by atoms with van der Waals surface area (Å²) in [7, 11) is 2.07.